The second-order valence-electron chi connectivity index (χ2n) is 2.69. The van der Waals surface area contributed by atoms with E-state index in [0.29, 0.717) is 5.82 Å². The van der Waals surface area contributed by atoms with Crippen LogP contribution in [0.3, 0.4) is 0 Å². The SMILES string of the molecule is Cc1c(O)cccc1-c1nn[nH]n1. The number of phenols is 1. The third-order valence-electron chi connectivity index (χ3n) is 1.89. The van der Waals surface area contributed by atoms with Crippen LogP contribution >= 0.6 is 0 Å². The Morgan fingerprint density at radius 1 is 1.38 bits per heavy atom. The molecule has 0 bridgehead atoms. The van der Waals surface area contributed by atoms with E-state index in [1.807, 2.05) is 6.07 Å². The number of aromatic nitrogens is 4. The largest absolute Gasteiger partial charge is 0.508 e. The molecule has 2 rings (SSSR count). The molecule has 2 aromatic rings. The predicted molar refractivity (Wildman–Crippen MR) is 46.0 cm³/mol. The molecule has 0 saturated heterocycles. The van der Waals surface area contributed by atoms with Gasteiger partial charge in [0.2, 0.25) is 5.82 Å². The Balaban J connectivity index is 2.59. The van der Waals surface area contributed by atoms with Gasteiger partial charge in [0.1, 0.15) is 5.75 Å². The average molecular weight is 176 g/mol. The standard InChI is InChI=1S/C8H8N4O/c1-5-6(3-2-4-7(5)13)8-9-11-12-10-8/h2-4,13H,1H3,(H,9,10,11,12). The zero-order valence-electron chi connectivity index (χ0n) is 7.02. The Labute approximate surface area is 74.4 Å². The van der Waals surface area contributed by atoms with Crippen molar-refractivity contribution in [2.24, 2.45) is 0 Å². The van der Waals surface area contributed by atoms with Crippen molar-refractivity contribution in [3.05, 3.63) is 23.8 Å². The summed E-state index contributed by atoms with van der Waals surface area (Å²) in [5, 5.41) is 22.9. The van der Waals surface area contributed by atoms with Crippen LogP contribution < -0.4 is 0 Å². The van der Waals surface area contributed by atoms with Crippen LogP contribution in [0.25, 0.3) is 11.4 Å². The Bertz CT molecular complexity index is 410. The van der Waals surface area contributed by atoms with Crippen molar-refractivity contribution in [3.63, 3.8) is 0 Å². The lowest BCUT2D eigenvalue weighted by Gasteiger charge is -2.01. The van der Waals surface area contributed by atoms with Crippen LogP contribution in [0.1, 0.15) is 5.56 Å². The number of tetrazole rings is 1. The first-order valence-electron chi connectivity index (χ1n) is 3.81. The summed E-state index contributed by atoms with van der Waals surface area (Å²) < 4.78 is 0. The highest BCUT2D eigenvalue weighted by Gasteiger charge is 2.08. The number of nitrogens with zero attached hydrogens (tertiary/aromatic N) is 3. The van der Waals surface area contributed by atoms with Gasteiger partial charge in [-0.05, 0) is 18.2 Å². The van der Waals surface area contributed by atoms with E-state index < -0.39 is 0 Å². The van der Waals surface area contributed by atoms with Crippen molar-refractivity contribution in [2.75, 3.05) is 0 Å². The van der Waals surface area contributed by atoms with Crippen molar-refractivity contribution in [2.45, 2.75) is 6.92 Å². The van der Waals surface area contributed by atoms with E-state index in [-0.39, 0.29) is 5.75 Å². The first kappa shape index (κ1) is 7.72. The van der Waals surface area contributed by atoms with Crippen molar-refractivity contribution in [1.29, 1.82) is 0 Å². The second-order valence-corrected chi connectivity index (χ2v) is 2.69. The van der Waals surface area contributed by atoms with Gasteiger partial charge in [0, 0.05) is 11.1 Å². The van der Waals surface area contributed by atoms with Gasteiger partial charge in [-0.1, -0.05) is 12.1 Å². The van der Waals surface area contributed by atoms with Crippen molar-refractivity contribution in [1.82, 2.24) is 20.6 Å². The van der Waals surface area contributed by atoms with E-state index in [1.165, 1.54) is 0 Å². The maximum absolute atomic E-state index is 9.41. The molecule has 0 spiro atoms. The molecule has 0 atom stereocenters. The number of aromatic amines is 1. The number of benzene rings is 1. The quantitative estimate of drug-likeness (QED) is 0.676. The van der Waals surface area contributed by atoms with Gasteiger partial charge in [-0.15, -0.1) is 10.2 Å². The van der Waals surface area contributed by atoms with E-state index >= 15 is 0 Å². The number of hydrogen-bond acceptors (Lipinski definition) is 4. The van der Waals surface area contributed by atoms with E-state index in [9.17, 15) is 5.11 Å². The molecule has 5 nitrogen and oxygen atoms in total. The number of nitrogens with one attached hydrogen (secondary N) is 1. The highest BCUT2D eigenvalue weighted by molar-refractivity contribution is 5.62. The van der Waals surface area contributed by atoms with Gasteiger partial charge >= 0.3 is 0 Å². The lowest BCUT2D eigenvalue weighted by molar-refractivity contribution is 0.471. The van der Waals surface area contributed by atoms with Crippen molar-refractivity contribution in [3.8, 4) is 17.1 Å². The van der Waals surface area contributed by atoms with Crippen LogP contribution in [-0.2, 0) is 0 Å². The molecule has 2 N–H and O–H groups in total. The Hall–Kier alpha value is -1.91. The van der Waals surface area contributed by atoms with Gasteiger partial charge in [0.25, 0.3) is 0 Å². The van der Waals surface area contributed by atoms with Gasteiger partial charge in [-0.25, -0.2) is 0 Å². The second kappa shape index (κ2) is 2.85. The molecule has 0 saturated carbocycles. The number of phenolic OH excluding ortho intramolecular Hbond substituents is 1. The van der Waals surface area contributed by atoms with Gasteiger partial charge in [-0.2, -0.15) is 5.21 Å². The summed E-state index contributed by atoms with van der Waals surface area (Å²) in [7, 11) is 0. The fourth-order valence-corrected chi connectivity index (χ4v) is 1.14. The zero-order chi connectivity index (χ0) is 9.26. The smallest absolute Gasteiger partial charge is 0.205 e. The molecule has 66 valence electrons. The van der Waals surface area contributed by atoms with Crippen LogP contribution in [0.4, 0.5) is 0 Å². The predicted octanol–water partition coefficient (Wildman–Crippen LogP) is 0.881. The third-order valence-corrected chi connectivity index (χ3v) is 1.89. The summed E-state index contributed by atoms with van der Waals surface area (Å²) in [6, 6.07) is 5.20. The number of hydrogen-bond donors (Lipinski definition) is 2. The van der Waals surface area contributed by atoms with Gasteiger partial charge in [0.15, 0.2) is 0 Å². The molecule has 0 fully saturated rings. The van der Waals surface area contributed by atoms with E-state index in [1.54, 1.807) is 19.1 Å². The number of rotatable bonds is 1. The number of aromatic hydroxyl groups is 1. The first-order chi connectivity index (χ1) is 6.29. The maximum atomic E-state index is 9.41. The van der Waals surface area contributed by atoms with Gasteiger partial charge in [0.05, 0.1) is 0 Å². The van der Waals surface area contributed by atoms with E-state index in [4.69, 9.17) is 0 Å². The van der Waals surface area contributed by atoms with Crippen LogP contribution in [0.5, 0.6) is 5.75 Å². The fourth-order valence-electron chi connectivity index (χ4n) is 1.14. The lowest BCUT2D eigenvalue weighted by Crippen LogP contribution is -1.85. The molecular formula is C8H8N4O. The molecule has 0 unspecified atom stereocenters. The monoisotopic (exact) mass is 176 g/mol. The molecule has 1 heterocycles. The molecule has 5 heteroatoms. The molecule has 1 aromatic heterocycles. The summed E-state index contributed by atoms with van der Waals surface area (Å²) >= 11 is 0. The molecule has 0 amide bonds. The van der Waals surface area contributed by atoms with Crippen molar-refractivity contribution >= 4 is 0 Å². The van der Waals surface area contributed by atoms with Crippen LogP contribution in [0, 0.1) is 6.92 Å². The van der Waals surface area contributed by atoms with Crippen LogP contribution in [0.15, 0.2) is 18.2 Å². The molecule has 0 aliphatic heterocycles. The topological polar surface area (TPSA) is 74.7 Å². The highest BCUT2D eigenvalue weighted by atomic mass is 16.3. The Morgan fingerprint density at radius 2 is 2.23 bits per heavy atom. The summed E-state index contributed by atoms with van der Waals surface area (Å²) in [5.74, 6) is 0.732. The molecule has 1 aromatic carbocycles. The summed E-state index contributed by atoms with van der Waals surface area (Å²) in [6.45, 7) is 1.81. The average Bonchev–Trinajstić information content (AvgIpc) is 2.62. The first-order valence-corrected chi connectivity index (χ1v) is 3.81. The minimum absolute atomic E-state index is 0.238. The fraction of sp³-hybridized carbons (Fsp3) is 0.125. The van der Waals surface area contributed by atoms with Crippen LogP contribution in [0.2, 0.25) is 0 Å². The van der Waals surface area contributed by atoms with Gasteiger partial charge < -0.3 is 5.11 Å². The Kier molecular flexibility index (Phi) is 1.70. The summed E-state index contributed by atoms with van der Waals surface area (Å²) in [5.41, 5.74) is 1.54. The summed E-state index contributed by atoms with van der Waals surface area (Å²) in [4.78, 5) is 0. The minimum Gasteiger partial charge on any atom is -0.508 e. The zero-order valence-corrected chi connectivity index (χ0v) is 7.02. The Morgan fingerprint density at radius 3 is 2.92 bits per heavy atom. The summed E-state index contributed by atoms with van der Waals surface area (Å²) in [6.07, 6.45) is 0. The van der Waals surface area contributed by atoms with Gasteiger partial charge in [-0.3, -0.25) is 0 Å². The van der Waals surface area contributed by atoms with Crippen molar-refractivity contribution < 1.29 is 5.11 Å². The highest BCUT2D eigenvalue weighted by Crippen LogP contribution is 2.25. The van der Waals surface area contributed by atoms with E-state index in [2.05, 4.69) is 20.6 Å². The lowest BCUT2D eigenvalue weighted by atomic mass is 10.1. The van der Waals surface area contributed by atoms with E-state index in [0.717, 1.165) is 11.1 Å². The molecule has 13 heavy (non-hydrogen) atoms. The number of H-pyrrole nitrogens is 1. The normalized spacial score (nSPS) is 10.2. The third kappa shape index (κ3) is 1.24. The maximum Gasteiger partial charge on any atom is 0.205 e. The minimum atomic E-state index is 0.238. The molecule has 0 radical (unpaired) electrons. The molecular weight excluding hydrogens is 168 g/mol. The van der Waals surface area contributed by atoms with Crippen LogP contribution in [-0.4, -0.2) is 25.7 Å². The molecule has 0 aliphatic rings. The molecule has 0 aliphatic carbocycles.